The van der Waals surface area contributed by atoms with Gasteiger partial charge in [-0.3, -0.25) is 9.78 Å². The minimum atomic E-state index is -0.484. The fourth-order valence-corrected chi connectivity index (χ4v) is 1.97. The predicted octanol–water partition coefficient (Wildman–Crippen LogP) is 2.86. The summed E-state index contributed by atoms with van der Waals surface area (Å²) in [4.78, 5) is 16.2. The molecule has 0 radical (unpaired) electrons. The van der Waals surface area contributed by atoms with Crippen molar-refractivity contribution in [1.29, 1.82) is 0 Å². The van der Waals surface area contributed by atoms with Crippen LogP contribution in [0.15, 0.2) is 48.8 Å². The number of ether oxygens (including phenoxy) is 1. The quantitative estimate of drug-likeness (QED) is 0.887. The molecule has 1 aromatic carbocycles. The lowest BCUT2D eigenvalue weighted by atomic mass is 10.2. The number of benzene rings is 1. The molecule has 1 amide bonds. The Morgan fingerprint density at radius 1 is 1.29 bits per heavy atom. The molecule has 1 aromatic heterocycles. The van der Waals surface area contributed by atoms with E-state index in [-0.39, 0.29) is 5.91 Å². The zero-order valence-electron chi connectivity index (χ0n) is 12.4. The molecular weight excluding hydrogens is 264 g/mol. The maximum absolute atomic E-state index is 12.2. The number of aryl methyl sites for hydroxylation is 1. The first-order chi connectivity index (χ1) is 10.2. The molecule has 0 fully saturated rings. The Labute approximate surface area is 125 Å². The molecule has 2 rings (SSSR count). The molecule has 0 bridgehead atoms. The SMILES string of the molecule is CCC(Oc1ccccc1C)C(=O)NCc1cccnc1. The molecule has 4 heteroatoms. The third kappa shape index (κ3) is 4.31. The second kappa shape index (κ2) is 7.43. The van der Waals surface area contributed by atoms with E-state index >= 15 is 0 Å². The van der Waals surface area contributed by atoms with Gasteiger partial charge in [-0.1, -0.05) is 31.2 Å². The standard InChI is InChI=1S/C17H20N2O2/c1-3-15(21-16-9-5-4-7-13(16)2)17(20)19-12-14-8-6-10-18-11-14/h4-11,15H,3,12H2,1-2H3,(H,19,20). The Morgan fingerprint density at radius 3 is 2.76 bits per heavy atom. The number of pyridine rings is 1. The highest BCUT2D eigenvalue weighted by molar-refractivity contribution is 5.81. The molecule has 0 spiro atoms. The highest BCUT2D eigenvalue weighted by Gasteiger charge is 2.18. The van der Waals surface area contributed by atoms with Crippen molar-refractivity contribution in [3.63, 3.8) is 0 Å². The fourth-order valence-electron chi connectivity index (χ4n) is 1.97. The van der Waals surface area contributed by atoms with Crippen molar-refractivity contribution in [3.8, 4) is 5.75 Å². The van der Waals surface area contributed by atoms with Crippen LogP contribution in [0.1, 0.15) is 24.5 Å². The summed E-state index contributed by atoms with van der Waals surface area (Å²) < 4.78 is 5.82. The van der Waals surface area contributed by atoms with E-state index < -0.39 is 6.10 Å². The fraction of sp³-hybridized carbons (Fsp3) is 0.294. The van der Waals surface area contributed by atoms with E-state index in [2.05, 4.69) is 10.3 Å². The van der Waals surface area contributed by atoms with E-state index in [0.717, 1.165) is 16.9 Å². The van der Waals surface area contributed by atoms with Gasteiger partial charge in [0.25, 0.3) is 5.91 Å². The van der Waals surface area contributed by atoms with Gasteiger partial charge in [-0.25, -0.2) is 0 Å². The van der Waals surface area contributed by atoms with Gasteiger partial charge in [0.1, 0.15) is 5.75 Å². The van der Waals surface area contributed by atoms with Crippen molar-refractivity contribution in [2.75, 3.05) is 0 Å². The van der Waals surface area contributed by atoms with Gasteiger partial charge in [0.2, 0.25) is 0 Å². The number of hydrogen-bond donors (Lipinski definition) is 1. The smallest absolute Gasteiger partial charge is 0.261 e. The van der Waals surface area contributed by atoms with Crippen LogP contribution in [0.5, 0.6) is 5.75 Å². The third-order valence-corrected chi connectivity index (χ3v) is 3.22. The Kier molecular flexibility index (Phi) is 5.32. The maximum Gasteiger partial charge on any atom is 0.261 e. The number of carbonyl (C=O) groups excluding carboxylic acids is 1. The van der Waals surface area contributed by atoms with Crippen LogP contribution >= 0.6 is 0 Å². The number of carbonyl (C=O) groups is 1. The van der Waals surface area contributed by atoms with Gasteiger partial charge in [-0.2, -0.15) is 0 Å². The van der Waals surface area contributed by atoms with Crippen LogP contribution in [0.25, 0.3) is 0 Å². The molecule has 2 aromatic rings. The summed E-state index contributed by atoms with van der Waals surface area (Å²) in [6.45, 7) is 4.36. The van der Waals surface area contributed by atoms with Gasteiger partial charge < -0.3 is 10.1 Å². The topological polar surface area (TPSA) is 51.2 Å². The number of para-hydroxylation sites is 1. The molecule has 0 aliphatic heterocycles. The van der Waals surface area contributed by atoms with E-state index in [1.807, 2.05) is 50.2 Å². The van der Waals surface area contributed by atoms with Crippen LogP contribution in [-0.4, -0.2) is 17.0 Å². The van der Waals surface area contributed by atoms with Crippen LogP contribution in [0.2, 0.25) is 0 Å². The number of amides is 1. The van der Waals surface area contributed by atoms with Crippen LogP contribution in [0.3, 0.4) is 0 Å². The third-order valence-electron chi connectivity index (χ3n) is 3.22. The summed E-state index contributed by atoms with van der Waals surface area (Å²) in [7, 11) is 0. The molecule has 0 saturated carbocycles. The molecule has 0 saturated heterocycles. The van der Waals surface area contributed by atoms with E-state index in [4.69, 9.17) is 4.74 Å². The maximum atomic E-state index is 12.2. The summed E-state index contributed by atoms with van der Waals surface area (Å²) in [6, 6.07) is 11.5. The van der Waals surface area contributed by atoms with Gasteiger partial charge in [0, 0.05) is 18.9 Å². The first-order valence-corrected chi connectivity index (χ1v) is 7.09. The second-order valence-corrected chi connectivity index (χ2v) is 4.86. The van der Waals surface area contributed by atoms with Gasteiger partial charge in [-0.05, 0) is 36.6 Å². The Bertz CT molecular complexity index is 584. The lowest BCUT2D eigenvalue weighted by molar-refractivity contribution is -0.128. The summed E-state index contributed by atoms with van der Waals surface area (Å²) >= 11 is 0. The van der Waals surface area contributed by atoms with Crippen LogP contribution in [-0.2, 0) is 11.3 Å². The zero-order chi connectivity index (χ0) is 15.1. The molecule has 0 aliphatic carbocycles. The molecule has 1 N–H and O–H groups in total. The first-order valence-electron chi connectivity index (χ1n) is 7.09. The summed E-state index contributed by atoms with van der Waals surface area (Å²) in [5.74, 6) is 0.644. The monoisotopic (exact) mass is 284 g/mol. The zero-order valence-corrected chi connectivity index (χ0v) is 12.4. The summed E-state index contributed by atoms with van der Waals surface area (Å²) in [5, 5.41) is 2.89. The van der Waals surface area contributed by atoms with Gasteiger partial charge in [0.05, 0.1) is 0 Å². The number of hydrogen-bond acceptors (Lipinski definition) is 3. The predicted molar refractivity (Wildman–Crippen MR) is 82.0 cm³/mol. The van der Waals surface area contributed by atoms with Gasteiger partial charge in [-0.15, -0.1) is 0 Å². The summed E-state index contributed by atoms with van der Waals surface area (Å²) in [6.07, 6.45) is 3.58. The number of aromatic nitrogens is 1. The van der Waals surface area contributed by atoms with Gasteiger partial charge in [0.15, 0.2) is 6.10 Å². The van der Waals surface area contributed by atoms with Crippen molar-refractivity contribution in [2.24, 2.45) is 0 Å². The number of nitrogens with one attached hydrogen (secondary N) is 1. The molecule has 1 heterocycles. The number of nitrogens with zero attached hydrogens (tertiary/aromatic N) is 1. The summed E-state index contributed by atoms with van der Waals surface area (Å²) in [5.41, 5.74) is 1.99. The Balaban J connectivity index is 1.94. The van der Waals surface area contributed by atoms with Gasteiger partial charge >= 0.3 is 0 Å². The lowest BCUT2D eigenvalue weighted by Gasteiger charge is -2.18. The first kappa shape index (κ1) is 15.0. The molecule has 4 nitrogen and oxygen atoms in total. The lowest BCUT2D eigenvalue weighted by Crippen LogP contribution is -2.37. The van der Waals surface area contributed by atoms with Crippen LogP contribution < -0.4 is 10.1 Å². The highest BCUT2D eigenvalue weighted by Crippen LogP contribution is 2.18. The highest BCUT2D eigenvalue weighted by atomic mass is 16.5. The minimum absolute atomic E-state index is 0.107. The molecule has 21 heavy (non-hydrogen) atoms. The van der Waals surface area contributed by atoms with E-state index in [0.29, 0.717) is 13.0 Å². The van der Waals surface area contributed by atoms with Crippen molar-refractivity contribution in [3.05, 3.63) is 59.9 Å². The molecule has 110 valence electrons. The normalized spacial score (nSPS) is 11.7. The van der Waals surface area contributed by atoms with Crippen molar-refractivity contribution < 1.29 is 9.53 Å². The molecule has 1 unspecified atom stereocenters. The van der Waals surface area contributed by atoms with E-state index in [1.165, 1.54) is 0 Å². The average molecular weight is 284 g/mol. The molecule has 0 aliphatic rings. The number of rotatable bonds is 6. The second-order valence-electron chi connectivity index (χ2n) is 4.86. The van der Waals surface area contributed by atoms with Crippen LogP contribution in [0.4, 0.5) is 0 Å². The van der Waals surface area contributed by atoms with Crippen LogP contribution in [0, 0.1) is 6.92 Å². The van der Waals surface area contributed by atoms with Crippen molar-refractivity contribution in [1.82, 2.24) is 10.3 Å². The largest absolute Gasteiger partial charge is 0.480 e. The average Bonchev–Trinajstić information content (AvgIpc) is 2.53. The van der Waals surface area contributed by atoms with Crippen molar-refractivity contribution >= 4 is 5.91 Å². The minimum Gasteiger partial charge on any atom is -0.480 e. The van der Waals surface area contributed by atoms with E-state index in [9.17, 15) is 4.79 Å². The van der Waals surface area contributed by atoms with E-state index in [1.54, 1.807) is 12.4 Å². The Hall–Kier alpha value is -2.36. The molecule has 1 atom stereocenters. The van der Waals surface area contributed by atoms with Crippen molar-refractivity contribution in [2.45, 2.75) is 32.9 Å². The molecular formula is C17H20N2O2. The Morgan fingerprint density at radius 2 is 2.10 bits per heavy atom.